The molecule has 2 heterocycles. The second kappa shape index (κ2) is 11.2. The molecule has 30 heavy (non-hydrogen) atoms. The third-order valence-electron chi connectivity index (χ3n) is 2.76. The van der Waals surface area contributed by atoms with E-state index in [0.717, 1.165) is 6.20 Å². The first kappa shape index (κ1) is 25.7. The van der Waals surface area contributed by atoms with Gasteiger partial charge in [-0.05, 0) is 17.7 Å². The SMILES string of the molecule is O=Cc1cnc(OCC(F)(F)F)c(Cl)c1.OCc1cnc(OCC(F)(F)F)c(Cl)c1. The van der Waals surface area contributed by atoms with Gasteiger partial charge in [-0.3, -0.25) is 4.79 Å². The van der Waals surface area contributed by atoms with Crippen LogP contribution in [-0.2, 0) is 6.61 Å². The van der Waals surface area contributed by atoms with E-state index in [9.17, 15) is 31.1 Å². The standard InChI is InChI=1S/C8H7ClF3NO2.C8H5ClF3NO2/c2*9-6-1-5(3-14)2-13-7(6)15-4-8(10,11)12/h1-2,14H,3-4H2;1-3H,4H2. The van der Waals surface area contributed by atoms with E-state index >= 15 is 0 Å². The Balaban J connectivity index is 0.000000300. The van der Waals surface area contributed by atoms with Crippen LogP contribution in [0.2, 0.25) is 10.0 Å². The number of pyridine rings is 2. The number of carbonyl (C=O) groups excluding carboxylic acids is 1. The van der Waals surface area contributed by atoms with Crippen LogP contribution in [0.25, 0.3) is 0 Å². The van der Waals surface area contributed by atoms with E-state index in [1.165, 1.54) is 18.3 Å². The highest BCUT2D eigenvalue weighted by Gasteiger charge is 2.29. The summed E-state index contributed by atoms with van der Waals surface area (Å²) in [6, 6.07) is 2.47. The molecule has 0 aliphatic rings. The third kappa shape index (κ3) is 9.94. The van der Waals surface area contributed by atoms with Crippen molar-refractivity contribution < 1.29 is 45.7 Å². The van der Waals surface area contributed by atoms with Crippen LogP contribution in [0.15, 0.2) is 24.5 Å². The predicted molar refractivity (Wildman–Crippen MR) is 92.9 cm³/mol. The van der Waals surface area contributed by atoms with E-state index in [1.807, 2.05) is 0 Å². The fourth-order valence-corrected chi connectivity index (χ4v) is 2.04. The Morgan fingerprint density at radius 1 is 0.900 bits per heavy atom. The minimum Gasteiger partial charge on any atom is -0.467 e. The molecule has 2 aromatic rings. The molecule has 2 aromatic heterocycles. The smallest absolute Gasteiger partial charge is 0.422 e. The lowest BCUT2D eigenvalue weighted by Gasteiger charge is -2.09. The molecule has 0 fully saturated rings. The molecule has 0 radical (unpaired) electrons. The van der Waals surface area contributed by atoms with Gasteiger partial charge in [0.05, 0.1) is 6.61 Å². The average molecular weight is 481 g/mol. The summed E-state index contributed by atoms with van der Waals surface area (Å²) in [5, 5.41) is 8.49. The van der Waals surface area contributed by atoms with Crippen LogP contribution in [0.3, 0.4) is 0 Å². The lowest BCUT2D eigenvalue weighted by Crippen LogP contribution is -2.19. The fraction of sp³-hybridized carbons (Fsp3) is 0.312. The molecule has 2 rings (SSSR count). The molecule has 166 valence electrons. The molecule has 0 atom stereocenters. The Bertz CT molecular complexity index is 849. The van der Waals surface area contributed by atoms with Crippen molar-refractivity contribution in [1.29, 1.82) is 0 Å². The first-order chi connectivity index (χ1) is 13.8. The number of halogens is 8. The fourth-order valence-electron chi connectivity index (χ4n) is 1.57. The largest absolute Gasteiger partial charge is 0.467 e. The average Bonchev–Trinajstić information content (AvgIpc) is 2.65. The highest BCUT2D eigenvalue weighted by atomic mass is 35.5. The number of ether oxygens (including phenoxy) is 2. The Labute approximate surface area is 175 Å². The quantitative estimate of drug-likeness (QED) is 0.478. The van der Waals surface area contributed by atoms with Crippen LogP contribution >= 0.6 is 23.2 Å². The number of hydrogen-bond acceptors (Lipinski definition) is 6. The van der Waals surface area contributed by atoms with E-state index in [4.69, 9.17) is 28.3 Å². The molecule has 0 amide bonds. The molecule has 14 heteroatoms. The first-order valence-electron chi connectivity index (χ1n) is 7.59. The van der Waals surface area contributed by atoms with Crippen molar-refractivity contribution in [3.05, 3.63) is 45.7 Å². The van der Waals surface area contributed by atoms with Crippen molar-refractivity contribution in [3.63, 3.8) is 0 Å². The van der Waals surface area contributed by atoms with Gasteiger partial charge in [0.1, 0.15) is 10.0 Å². The summed E-state index contributed by atoms with van der Waals surface area (Å²) < 4.78 is 79.3. The van der Waals surface area contributed by atoms with Gasteiger partial charge in [-0.1, -0.05) is 23.2 Å². The molecule has 0 saturated carbocycles. The van der Waals surface area contributed by atoms with Crippen LogP contribution in [0.1, 0.15) is 15.9 Å². The molecule has 0 spiro atoms. The van der Waals surface area contributed by atoms with Gasteiger partial charge < -0.3 is 14.6 Å². The van der Waals surface area contributed by atoms with Crippen LogP contribution in [0, 0.1) is 0 Å². The van der Waals surface area contributed by atoms with Gasteiger partial charge in [0.25, 0.3) is 0 Å². The van der Waals surface area contributed by atoms with Gasteiger partial charge in [0.2, 0.25) is 11.8 Å². The maximum absolute atomic E-state index is 11.8. The summed E-state index contributed by atoms with van der Waals surface area (Å²) >= 11 is 11.1. The Hall–Kier alpha value is -2.31. The molecule has 0 aliphatic carbocycles. The van der Waals surface area contributed by atoms with Gasteiger partial charge in [0.15, 0.2) is 19.5 Å². The number of carbonyl (C=O) groups is 1. The number of nitrogens with zero attached hydrogens (tertiary/aromatic N) is 2. The van der Waals surface area contributed by atoms with E-state index in [2.05, 4.69) is 19.4 Å². The van der Waals surface area contributed by atoms with Gasteiger partial charge in [-0.25, -0.2) is 9.97 Å². The lowest BCUT2D eigenvalue weighted by atomic mass is 10.3. The zero-order valence-corrected chi connectivity index (χ0v) is 16.1. The van der Waals surface area contributed by atoms with Gasteiger partial charge in [0, 0.05) is 18.0 Å². The highest BCUT2D eigenvalue weighted by molar-refractivity contribution is 6.32. The minimum atomic E-state index is -4.45. The summed E-state index contributed by atoms with van der Waals surface area (Å²) in [6.07, 6.45) is -6.14. The molecule has 0 bridgehead atoms. The number of aliphatic hydroxyl groups excluding tert-OH is 1. The second-order valence-corrected chi connectivity index (χ2v) is 6.08. The minimum absolute atomic E-state index is 0.0641. The lowest BCUT2D eigenvalue weighted by molar-refractivity contribution is -0.154. The van der Waals surface area contributed by atoms with Gasteiger partial charge >= 0.3 is 12.4 Å². The van der Waals surface area contributed by atoms with Crippen molar-refractivity contribution in [3.8, 4) is 11.8 Å². The van der Waals surface area contributed by atoms with E-state index in [-0.39, 0.29) is 34.0 Å². The summed E-state index contributed by atoms with van der Waals surface area (Å²) in [6.45, 7) is -3.20. The van der Waals surface area contributed by atoms with E-state index < -0.39 is 25.6 Å². The summed E-state index contributed by atoms with van der Waals surface area (Å²) in [5.74, 6) is -0.647. The molecule has 0 saturated heterocycles. The monoisotopic (exact) mass is 480 g/mol. The molecule has 0 aliphatic heterocycles. The number of aldehydes is 1. The van der Waals surface area contributed by atoms with Crippen molar-refractivity contribution in [2.24, 2.45) is 0 Å². The Morgan fingerprint density at radius 2 is 1.37 bits per heavy atom. The predicted octanol–water partition coefficient (Wildman–Crippen LogP) is 4.66. The highest BCUT2D eigenvalue weighted by Crippen LogP contribution is 2.25. The maximum Gasteiger partial charge on any atom is 0.422 e. The maximum atomic E-state index is 11.8. The van der Waals surface area contributed by atoms with Crippen LogP contribution in [0.4, 0.5) is 26.3 Å². The van der Waals surface area contributed by atoms with Crippen LogP contribution in [-0.4, -0.2) is 46.9 Å². The number of aliphatic hydroxyl groups is 1. The molecule has 1 N–H and O–H groups in total. The summed E-state index contributed by atoms with van der Waals surface area (Å²) in [4.78, 5) is 17.3. The summed E-state index contributed by atoms with van der Waals surface area (Å²) in [7, 11) is 0. The van der Waals surface area contributed by atoms with E-state index in [1.54, 1.807) is 0 Å². The summed E-state index contributed by atoms with van der Waals surface area (Å²) in [5.41, 5.74) is 0.568. The van der Waals surface area contributed by atoms with Crippen LogP contribution in [0.5, 0.6) is 11.8 Å². The third-order valence-corrected chi connectivity index (χ3v) is 3.30. The Morgan fingerprint density at radius 3 is 1.73 bits per heavy atom. The normalized spacial score (nSPS) is 11.4. The molecular formula is C16H12Cl2F6N2O4. The second-order valence-electron chi connectivity index (χ2n) is 5.27. The number of aromatic nitrogens is 2. The number of hydrogen-bond donors (Lipinski definition) is 1. The van der Waals surface area contributed by atoms with Gasteiger partial charge in [-0.2, -0.15) is 26.3 Å². The van der Waals surface area contributed by atoms with Crippen molar-refractivity contribution >= 4 is 29.5 Å². The number of rotatable bonds is 6. The molecule has 0 unspecified atom stereocenters. The Kier molecular flexibility index (Phi) is 9.59. The van der Waals surface area contributed by atoms with Gasteiger partial charge in [-0.15, -0.1) is 0 Å². The zero-order chi connectivity index (χ0) is 22.9. The topological polar surface area (TPSA) is 81.5 Å². The van der Waals surface area contributed by atoms with Crippen molar-refractivity contribution in [2.45, 2.75) is 19.0 Å². The van der Waals surface area contributed by atoms with E-state index in [0.29, 0.717) is 11.8 Å². The van der Waals surface area contributed by atoms with Crippen molar-refractivity contribution in [2.75, 3.05) is 13.2 Å². The zero-order valence-electron chi connectivity index (χ0n) is 14.6. The van der Waals surface area contributed by atoms with Crippen LogP contribution < -0.4 is 9.47 Å². The number of alkyl halides is 6. The first-order valence-corrected chi connectivity index (χ1v) is 8.35. The molecule has 0 aromatic carbocycles. The molecule has 6 nitrogen and oxygen atoms in total. The molecular weight excluding hydrogens is 469 g/mol. The van der Waals surface area contributed by atoms with Crippen molar-refractivity contribution in [1.82, 2.24) is 9.97 Å².